The first-order valence-electron chi connectivity index (χ1n) is 4.16. The molecule has 1 radical (unpaired) electrons. The average Bonchev–Trinajstić information content (AvgIpc) is 2.12. The van der Waals surface area contributed by atoms with Gasteiger partial charge in [0.1, 0.15) is 0 Å². The van der Waals surface area contributed by atoms with E-state index in [0.717, 1.165) is 0 Å². The number of rotatable bonds is 2. The van der Waals surface area contributed by atoms with Gasteiger partial charge < -0.3 is 0 Å². The van der Waals surface area contributed by atoms with Crippen LogP contribution in [0.25, 0.3) is 0 Å². The van der Waals surface area contributed by atoms with Crippen molar-refractivity contribution in [2.45, 2.75) is 19.1 Å². The van der Waals surface area contributed by atoms with E-state index < -0.39 is 24.0 Å². The normalized spacial score (nSPS) is 13.2. The summed E-state index contributed by atoms with van der Waals surface area (Å²) in [6, 6.07) is 6.66. The second-order valence-electron chi connectivity index (χ2n) is 3.01. The molecule has 7 heteroatoms. The molecule has 0 saturated heterocycles. The number of halogens is 6. The minimum Gasteiger partial charge on any atom is -0.111 e. The van der Waals surface area contributed by atoms with Crippen molar-refractivity contribution in [3.8, 4) is 0 Å². The standard InChI is InChI=1S/C9H7F6N/c10-8(11,12)16(9(13,14)15)6-7-4-2-1-3-5-7/h1-5H,6H2/q+1. The van der Waals surface area contributed by atoms with Crippen LogP contribution >= 0.6 is 0 Å². The van der Waals surface area contributed by atoms with E-state index >= 15 is 0 Å². The Hall–Kier alpha value is -1.24. The lowest BCUT2D eigenvalue weighted by Gasteiger charge is -2.15. The van der Waals surface area contributed by atoms with Crippen LogP contribution in [0.4, 0.5) is 26.3 Å². The van der Waals surface area contributed by atoms with E-state index in [4.69, 9.17) is 0 Å². The molecule has 1 rings (SSSR count). The van der Waals surface area contributed by atoms with Gasteiger partial charge in [-0.3, -0.25) is 0 Å². The molecule has 0 aliphatic heterocycles. The Bertz CT molecular complexity index is 314. The van der Waals surface area contributed by atoms with E-state index in [1.54, 1.807) is 0 Å². The monoisotopic (exact) mass is 243 g/mol. The van der Waals surface area contributed by atoms with Crippen LogP contribution in [0, 0.1) is 0 Å². The first-order valence-corrected chi connectivity index (χ1v) is 4.16. The largest absolute Gasteiger partial charge is 0.615 e. The molecule has 0 heterocycles. The molecule has 1 aromatic rings. The lowest BCUT2D eigenvalue weighted by atomic mass is 10.2. The smallest absolute Gasteiger partial charge is 0.111 e. The maximum absolute atomic E-state index is 12.1. The molecular weight excluding hydrogens is 236 g/mol. The number of alkyl halides is 6. The number of benzene rings is 1. The van der Waals surface area contributed by atoms with Crippen molar-refractivity contribution < 1.29 is 26.3 Å². The molecule has 0 unspecified atom stereocenters. The van der Waals surface area contributed by atoms with Gasteiger partial charge in [0.2, 0.25) is 0 Å². The summed E-state index contributed by atoms with van der Waals surface area (Å²) in [5.74, 6) is 0. The van der Waals surface area contributed by atoms with Crippen LogP contribution < -0.4 is 4.90 Å². The molecular formula is C9H7F6N+. The summed E-state index contributed by atoms with van der Waals surface area (Å²) in [6.45, 7) is -1.24. The third kappa shape index (κ3) is 3.41. The minimum atomic E-state index is -5.44. The Kier molecular flexibility index (Phi) is 3.47. The van der Waals surface area contributed by atoms with Gasteiger partial charge in [0.05, 0.1) is 0 Å². The van der Waals surface area contributed by atoms with Crippen LogP contribution in [0.3, 0.4) is 0 Å². The molecule has 0 spiro atoms. The van der Waals surface area contributed by atoms with Crippen molar-refractivity contribution >= 4 is 0 Å². The van der Waals surface area contributed by atoms with Gasteiger partial charge in [-0.15, -0.1) is 26.3 Å². The van der Waals surface area contributed by atoms with Gasteiger partial charge in [-0.05, 0) is 0 Å². The van der Waals surface area contributed by atoms with Gasteiger partial charge in [-0.1, -0.05) is 30.3 Å². The fourth-order valence-corrected chi connectivity index (χ4v) is 1.09. The van der Waals surface area contributed by atoms with E-state index in [9.17, 15) is 26.3 Å². The van der Waals surface area contributed by atoms with Gasteiger partial charge in [0, 0.05) is 10.5 Å². The Balaban J connectivity index is 2.89. The Labute approximate surface area is 87.3 Å². The molecule has 0 aliphatic carbocycles. The topological polar surface area (TPSA) is 5.90 Å². The summed E-state index contributed by atoms with van der Waals surface area (Å²) in [6.07, 6.45) is -10.9. The molecule has 89 valence electrons. The third-order valence-corrected chi connectivity index (χ3v) is 1.80. The van der Waals surface area contributed by atoms with Crippen molar-refractivity contribution in [2.75, 3.05) is 0 Å². The molecule has 1 nitrogen and oxygen atoms in total. The first-order chi connectivity index (χ1) is 7.21. The lowest BCUT2D eigenvalue weighted by Crippen LogP contribution is -2.52. The molecule has 0 atom stereocenters. The van der Waals surface area contributed by atoms with Gasteiger partial charge in [-0.2, -0.15) is 0 Å². The Morgan fingerprint density at radius 3 is 1.62 bits per heavy atom. The summed E-state index contributed by atoms with van der Waals surface area (Å²) in [4.78, 5) is -1.46. The van der Waals surface area contributed by atoms with Crippen LogP contribution in [-0.2, 0) is 6.54 Å². The van der Waals surface area contributed by atoms with Crippen LogP contribution in [0.15, 0.2) is 30.3 Å². The summed E-state index contributed by atoms with van der Waals surface area (Å²) in [5, 5.41) is 0. The molecule has 0 saturated carbocycles. The number of hydrogen-bond acceptors (Lipinski definition) is 1. The lowest BCUT2D eigenvalue weighted by molar-refractivity contribution is -0.325. The molecule has 0 aromatic heterocycles. The van der Waals surface area contributed by atoms with Gasteiger partial charge in [-0.25, -0.2) is 0 Å². The maximum atomic E-state index is 12.1. The van der Waals surface area contributed by atoms with Crippen molar-refractivity contribution in [1.29, 1.82) is 0 Å². The average molecular weight is 243 g/mol. The highest BCUT2D eigenvalue weighted by Gasteiger charge is 2.65. The zero-order valence-electron chi connectivity index (χ0n) is 7.81. The minimum absolute atomic E-state index is 0.0582. The fourth-order valence-electron chi connectivity index (χ4n) is 1.09. The van der Waals surface area contributed by atoms with E-state index in [1.807, 2.05) is 0 Å². The zero-order chi connectivity index (χ0) is 12.4. The second-order valence-corrected chi connectivity index (χ2v) is 3.01. The molecule has 0 aliphatic rings. The zero-order valence-corrected chi connectivity index (χ0v) is 7.81. The van der Waals surface area contributed by atoms with Gasteiger partial charge in [0.15, 0.2) is 6.54 Å². The third-order valence-electron chi connectivity index (χ3n) is 1.80. The molecule has 0 N–H and O–H groups in total. The van der Waals surface area contributed by atoms with Crippen molar-refractivity contribution in [3.63, 3.8) is 0 Å². The van der Waals surface area contributed by atoms with E-state index in [0.29, 0.717) is 0 Å². The highest BCUT2D eigenvalue weighted by atomic mass is 19.4. The van der Waals surface area contributed by atoms with Gasteiger partial charge in [0.25, 0.3) is 0 Å². The SMILES string of the molecule is FC(F)(F)[N+](Cc1ccccc1)C(F)(F)F. The van der Waals surface area contributed by atoms with Crippen molar-refractivity contribution in [2.24, 2.45) is 0 Å². The van der Waals surface area contributed by atoms with Crippen LogP contribution in [-0.4, -0.2) is 12.6 Å². The molecule has 0 bridgehead atoms. The molecule has 0 fully saturated rings. The summed E-state index contributed by atoms with van der Waals surface area (Å²) in [5.41, 5.74) is -0.0582. The second kappa shape index (κ2) is 4.32. The van der Waals surface area contributed by atoms with E-state index in [1.165, 1.54) is 30.3 Å². The quantitative estimate of drug-likeness (QED) is 0.426. The number of hydrogen-bond donors (Lipinski definition) is 0. The highest BCUT2D eigenvalue weighted by molar-refractivity contribution is 5.15. The summed E-state index contributed by atoms with van der Waals surface area (Å²) in [7, 11) is 0. The first kappa shape index (κ1) is 12.8. The highest BCUT2D eigenvalue weighted by Crippen LogP contribution is 2.31. The van der Waals surface area contributed by atoms with Crippen molar-refractivity contribution in [1.82, 2.24) is 4.90 Å². The van der Waals surface area contributed by atoms with Crippen LogP contribution in [0.2, 0.25) is 0 Å². The molecule has 0 amide bonds. The molecule has 16 heavy (non-hydrogen) atoms. The Morgan fingerprint density at radius 2 is 1.25 bits per heavy atom. The van der Waals surface area contributed by atoms with Crippen molar-refractivity contribution in [3.05, 3.63) is 35.9 Å². The van der Waals surface area contributed by atoms with E-state index in [-0.39, 0.29) is 5.56 Å². The van der Waals surface area contributed by atoms with Crippen LogP contribution in [0.5, 0.6) is 0 Å². The predicted octanol–water partition coefficient (Wildman–Crippen LogP) is 3.37. The van der Waals surface area contributed by atoms with Crippen LogP contribution in [0.1, 0.15) is 5.56 Å². The fraction of sp³-hybridized carbons (Fsp3) is 0.333. The summed E-state index contributed by atoms with van der Waals surface area (Å²) < 4.78 is 72.6. The van der Waals surface area contributed by atoms with Gasteiger partial charge >= 0.3 is 12.6 Å². The summed E-state index contributed by atoms with van der Waals surface area (Å²) >= 11 is 0. The Morgan fingerprint density at radius 1 is 0.812 bits per heavy atom. The molecule has 1 aromatic carbocycles. The number of nitrogens with zero attached hydrogens (tertiary/aromatic N) is 1. The predicted molar refractivity (Wildman–Crippen MR) is 44.4 cm³/mol. The van der Waals surface area contributed by atoms with E-state index in [2.05, 4.69) is 0 Å². The maximum Gasteiger partial charge on any atom is 0.615 e.